The Kier molecular flexibility index (Phi) is 10.3. The normalized spacial score (nSPS) is 14.3. The Morgan fingerprint density at radius 1 is 0.808 bits per heavy atom. The molecule has 0 aromatic heterocycles. The first-order chi connectivity index (χ1) is 12.2. The molecule has 2 aromatic carbocycles. The molecule has 0 atom stereocenters. The minimum Gasteiger partial charge on any atom is -0.184 e. The molecule has 0 fully saturated rings. The molecule has 2 aromatic rings. The summed E-state index contributed by atoms with van der Waals surface area (Å²) in [6.45, 7) is 8.23. The molecule has 1 heteroatoms. The Bertz CT molecular complexity index is 706. The van der Waals surface area contributed by atoms with Gasteiger partial charge in [-0.25, -0.2) is 0 Å². The van der Waals surface area contributed by atoms with Crippen LogP contribution in [0.1, 0.15) is 20.3 Å². The van der Waals surface area contributed by atoms with Gasteiger partial charge in [-0.05, 0) is 6.42 Å². The van der Waals surface area contributed by atoms with Gasteiger partial charge in [-0.1, -0.05) is 32.1 Å². The molecule has 0 saturated carbocycles. The van der Waals surface area contributed by atoms with Gasteiger partial charge in [-0.3, -0.25) is 0 Å². The molecule has 0 spiro atoms. The summed E-state index contributed by atoms with van der Waals surface area (Å²) in [5, 5.41) is 0. The van der Waals surface area contributed by atoms with Crippen LogP contribution >= 0.6 is 0 Å². The SMILES string of the molecule is C=C1[C-]=C(C2=CC=CC2)C(C)=C1C.[Ti+3].[c-]1ccccc1.[c-]1ccccc1. The third-order valence-corrected chi connectivity index (χ3v) is 3.97. The second kappa shape index (κ2) is 12.2. The summed E-state index contributed by atoms with van der Waals surface area (Å²) in [6, 6.07) is 25.0. The summed E-state index contributed by atoms with van der Waals surface area (Å²) in [5.74, 6) is 0. The fourth-order valence-corrected chi connectivity index (χ4v) is 2.39. The van der Waals surface area contributed by atoms with E-state index < -0.39 is 0 Å². The second-order valence-corrected chi connectivity index (χ2v) is 5.71. The monoisotopic (exact) mass is 371 g/mol. The Labute approximate surface area is 173 Å². The maximum atomic E-state index is 3.97. The van der Waals surface area contributed by atoms with Gasteiger partial charge in [0.1, 0.15) is 0 Å². The molecular weight excluding hydrogens is 348 g/mol. The molecule has 2 aliphatic rings. The van der Waals surface area contributed by atoms with Gasteiger partial charge >= 0.3 is 21.7 Å². The second-order valence-electron chi connectivity index (χ2n) is 5.71. The summed E-state index contributed by atoms with van der Waals surface area (Å²) in [5.41, 5.74) is 6.28. The standard InChI is InChI=1S/C13H13.2C6H5.Ti/c1-9-8-13(11(3)10(9)2)12-6-4-5-7-12;2*1-2-4-6-5-3-1;/h4-6H,1,7H2,2-3H3;2*1-5H;/q3*-1;+3. The maximum absolute atomic E-state index is 3.97. The van der Waals surface area contributed by atoms with E-state index in [1.54, 1.807) is 0 Å². The molecular formula is C25H23Ti. The van der Waals surface area contributed by atoms with Crippen molar-refractivity contribution in [1.82, 2.24) is 0 Å². The average Bonchev–Trinajstić information content (AvgIpc) is 3.30. The van der Waals surface area contributed by atoms with E-state index in [1.807, 2.05) is 60.7 Å². The van der Waals surface area contributed by atoms with E-state index in [0.29, 0.717) is 0 Å². The minimum atomic E-state index is 0. The van der Waals surface area contributed by atoms with Gasteiger partial charge in [0.05, 0.1) is 0 Å². The number of rotatable bonds is 1. The van der Waals surface area contributed by atoms with Crippen molar-refractivity contribution in [2.75, 3.05) is 0 Å². The van der Waals surface area contributed by atoms with E-state index in [-0.39, 0.29) is 21.7 Å². The van der Waals surface area contributed by atoms with Gasteiger partial charge in [0, 0.05) is 0 Å². The molecule has 0 aliphatic heterocycles. The predicted molar refractivity (Wildman–Crippen MR) is 107 cm³/mol. The Morgan fingerprint density at radius 2 is 1.35 bits per heavy atom. The van der Waals surface area contributed by atoms with Crippen molar-refractivity contribution in [3.63, 3.8) is 0 Å². The number of hydrogen-bond donors (Lipinski definition) is 0. The largest absolute Gasteiger partial charge is 3.00 e. The third kappa shape index (κ3) is 7.00. The molecule has 0 amide bonds. The molecule has 0 N–H and O–H groups in total. The minimum absolute atomic E-state index is 0. The predicted octanol–water partition coefficient (Wildman–Crippen LogP) is 6.48. The first-order valence-electron chi connectivity index (χ1n) is 8.39. The van der Waals surface area contributed by atoms with Crippen LogP contribution in [-0.2, 0) is 21.7 Å². The zero-order valence-corrected chi connectivity index (χ0v) is 17.0. The topological polar surface area (TPSA) is 0 Å². The average molecular weight is 371 g/mol. The molecule has 0 heterocycles. The van der Waals surface area contributed by atoms with E-state index in [1.165, 1.54) is 22.3 Å². The van der Waals surface area contributed by atoms with Gasteiger partial charge in [-0.2, -0.15) is 79.4 Å². The number of allylic oxidation sites excluding steroid dienone is 9. The van der Waals surface area contributed by atoms with Crippen molar-refractivity contribution in [3.05, 3.63) is 132 Å². The van der Waals surface area contributed by atoms with Crippen LogP contribution in [0.4, 0.5) is 0 Å². The van der Waals surface area contributed by atoms with Crippen LogP contribution < -0.4 is 0 Å². The van der Waals surface area contributed by atoms with Crippen molar-refractivity contribution in [2.45, 2.75) is 20.3 Å². The van der Waals surface area contributed by atoms with Crippen LogP contribution in [0.15, 0.2) is 113 Å². The van der Waals surface area contributed by atoms with Crippen molar-refractivity contribution in [3.8, 4) is 0 Å². The maximum Gasteiger partial charge on any atom is 3.00 e. The molecule has 1 radical (unpaired) electrons. The fourth-order valence-electron chi connectivity index (χ4n) is 2.39. The Hall–Kier alpha value is -2.15. The van der Waals surface area contributed by atoms with E-state index in [0.717, 1.165) is 12.0 Å². The molecule has 0 nitrogen and oxygen atoms in total. The molecule has 0 unspecified atom stereocenters. The summed E-state index contributed by atoms with van der Waals surface area (Å²) in [7, 11) is 0. The zero-order chi connectivity index (χ0) is 17.9. The summed E-state index contributed by atoms with van der Waals surface area (Å²) in [6.07, 6.45) is 10.8. The van der Waals surface area contributed by atoms with Gasteiger partial charge < -0.3 is 0 Å². The first-order valence-corrected chi connectivity index (χ1v) is 8.39. The van der Waals surface area contributed by atoms with Crippen LogP contribution in [0.3, 0.4) is 0 Å². The number of hydrogen-bond acceptors (Lipinski definition) is 0. The van der Waals surface area contributed by atoms with Crippen molar-refractivity contribution < 1.29 is 21.7 Å². The Morgan fingerprint density at radius 3 is 1.62 bits per heavy atom. The zero-order valence-electron chi connectivity index (χ0n) is 15.4. The molecule has 4 rings (SSSR count). The van der Waals surface area contributed by atoms with Crippen LogP contribution in [-0.4, -0.2) is 0 Å². The van der Waals surface area contributed by atoms with E-state index in [2.05, 4.69) is 56.9 Å². The van der Waals surface area contributed by atoms with Crippen LogP contribution in [0, 0.1) is 18.2 Å². The molecule has 0 bridgehead atoms. The van der Waals surface area contributed by atoms with Gasteiger partial charge in [0.2, 0.25) is 0 Å². The molecule has 26 heavy (non-hydrogen) atoms. The van der Waals surface area contributed by atoms with Gasteiger partial charge in [0.25, 0.3) is 0 Å². The molecule has 0 saturated heterocycles. The molecule has 2 aliphatic carbocycles. The summed E-state index contributed by atoms with van der Waals surface area (Å²) in [4.78, 5) is 0. The smallest absolute Gasteiger partial charge is 0.184 e. The fraction of sp³-hybridized carbons (Fsp3) is 0.120. The summed E-state index contributed by atoms with van der Waals surface area (Å²) < 4.78 is 0. The molecule has 127 valence electrons. The summed E-state index contributed by atoms with van der Waals surface area (Å²) >= 11 is 0. The van der Waals surface area contributed by atoms with Crippen LogP contribution in [0.2, 0.25) is 0 Å². The van der Waals surface area contributed by atoms with E-state index in [4.69, 9.17) is 0 Å². The number of benzene rings is 2. The van der Waals surface area contributed by atoms with Crippen molar-refractivity contribution in [2.24, 2.45) is 0 Å². The first kappa shape index (κ1) is 21.9. The third-order valence-electron chi connectivity index (χ3n) is 3.97. The van der Waals surface area contributed by atoms with Crippen molar-refractivity contribution >= 4 is 0 Å². The van der Waals surface area contributed by atoms with Gasteiger partial charge in [0.15, 0.2) is 0 Å². The van der Waals surface area contributed by atoms with E-state index in [9.17, 15) is 0 Å². The van der Waals surface area contributed by atoms with Crippen molar-refractivity contribution in [1.29, 1.82) is 0 Å². The van der Waals surface area contributed by atoms with E-state index >= 15 is 0 Å². The van der Waals surface area contributed by atoms with Crippen LogP contribution in [0.5, 0.6) is 0 Å². The van der Waals surface area contributed by atoms with Crippen LogP contribution in [0.25, 0.3) is 0 Å². The Balaban J connectivity index is 0.000000218. The quantitative estimate of drug-likeness (QED) is 0.398. The van der Waals surface area contributed by atoms with Gasteiger partial charge in [-0.15, -0.1) is 33.9 Å².